The number of nitrogens with zero attached hydrogens (tertiary/aromatic N) is 1. The number of amides is 1. The molecule has 1 N–H and O–H groups in total. The van der Waals surface area contributed by atoms with Gasteiger partial charge in [0, 0.05) is 26.1 Å². The Labute approximate surface area is 80.5 Å². The summed E-state index contributed by atoms with van der Waals surface area (Å²) in [7, 11) is 1.92. The highest BCUT2D eigenvalue weighted by Crippen LogP contribution is 2.10. The van der Waals surface area contributed by atoms with Crippen molar-refractivity contribution in [3.8, 4) is 0 Å². The van der Waals surface area contributed by atoms with Crippen molar-refractivity contribution in [2.24, 2.45) is 5.92 Å². The molecule has 0 bridgehead atoms. The van der Waals surface area contributed by atoms with E-state index in [1.807, 2.05) is 11.9 Å². The SMILES string of the molecule is CC(C)CC(=O)N(C)[C@H]1CCNC1. The minimum absolute atomic E-state index is 0.281. The van der Waals surface area contributed by atoms with Gasteiger partial charge < -0.3 is 10.2 Å². The molecule has 1 amide bonds. The van der Waals surface area contributed by atoms with Crippen LogP contribution in [-0.2, 0) is 4.79 Å². The minimum atomic E-state index is 0.281. The molecule has 76 valence electrons. The second-order valence-electron chi connectivity index (χ2n) is 4.25. The second-order valence-corrected chi connectivity index (χ2v) is 4.25. The predicted molar refractivity (Wildman–Crippen MR) is 53.5 cm³/mol. The van der Waals surface area contributed by atoms with Gasteiger partial charge in [0.05, 0.1) is 0 Å². The van der Waals surface area contributed by atoms with Crippen LogP contribution in [0.1, 0.15) is 26.7 Å². The zero-order chi connectivity index (χ0) is 9.84. The molecule has 1 saturated heterocycles. The monoisotopic (exact) mass is 184 g/mol. The Morgan fingerprint density at radius 2 is 2.31 bits per heavy atom. The van der Waals surface area contributed by atoms with E-state index < -0.39 is 0 Å². The fourth-order valence-corrected chi connectivity index (χ4v) is 1.67. The van der Waals surface area contributed by atoms with Gasteiger partial charge in [0.25, 0.3) is 0 Å². The van der Waals surface area contributed by atoms with Crippen LogP contribution in [0.5, 0.6) is 0 Å². The Morgan fingerprint density at radius 3 is 2.77 bits per heavy atom. The van der Waals surface area contributed by atoms with Gasteiger partial charge in [0.15, 0.2) is 0 Å². The summed E-state index contributed by atoms with van der Waals surface area (Å²) in [5, 5.41) is 3.27. The molecule has 0 aromatic heterocycles. The number of carbonyl (C=O) groups is 1. The van der Waals surface area contributed by atoms with Crippen molar-refractivity contribution in [2.45, 2.75) is 32.7 Å². The highest BCUT2D eigenvalue weighted by Gasteiger charge is 2.22. The van der Waals surface area contributed by atoms with Gasteiger partial charge in [-0.3, -0.25) is 4.79 Å². The molecule has 0 unspecified atom stereocenters. The van der Waals surface area contributed by atoms with Crippen LogP contribution in [0.25, 0.3) is 0 Å². The van der Waals surface area contributed by atoms with Crippen molar-refractivity contribution < 1.29 is 4.79 Å². The number of carbonyl (C=O) groups excluding carboxylic acids is 1. The molecule has 3 heteroatoms. The Kier molecular flexibility index (Phi) is 3.72. The van der Waals surface area contributed by atoms with E-state index in [1.54, 1.807) is 0 Å². The van der Waals surface area contributed by atoms with Crippen LogP contribution in [-0.4, -0.2) is 37.0 Å². The van der Waals surface area contributed by atoms with Crippen molar-refractivity contribution in [3.05, 3.63) is 0 Å². The van der Waals surface area contributed by atoms with Gasteiger partial charge in [-0.2, -0.15) is 0 Å². The first-order valence-corrected chi connectivity index (χ1v) is 5.07. The number of hydrogen-bond acceptors (Lipinski definition) is 2. The average molecular weight is 184 g/mol. The molecular weight excluding hydrogens is 164 g/mol. The summed E-state index contributed by atoms with van der Waals surface area (Å²) in [6.07, 6.45) is 1.77. The van der Waals surface area contributed by atoms with Crippen LogP contribution in [0.15, 0.2) is 0 Å². The standard InChI is InChI=1S/C10H20N2O/c1-8(2)6-10(13)12(3)9-4-5-11-7-9/h8-9,11H,4-7H2,1-3H3/t9-/m0/s1. The Morgan fingerprint density at radius 1 is 1.62 bits per heavy atom. The molecule has 1 aliphatic heterocycles. The van der Waals surface area contributed by atoms with Crippen LogP contribution >= 0.6 is 0 Å². The number of rotatable bonds is 3. The molecule has 1 aliphatic rings. The largest absolute Gasteiger partial charge is 0.341 e. The van der Waals surface area contributed by atoms with Crippen LogP contribution < -0.4 is 5.32 Å². The van der Waals surface area contributed by atoms with Crippen LogP contribution in [0.4, 0.5) is 0 Å². The summed E-state index contributed by atoms with van der Waals surface area (Å²) in [4.78, 5) is 13.5. The molecule has 0 saturated carbocycles. The first-order chi connectivity index (χ1) is 6.11. The van der Waals surface area contributed by atoms with Gasteiger partial charge in [0.1, 0.15) is 0 Å². The lowest BCUT2D eigenvalue weighted by molar-refractivity contribution is -0.132. The van der Waals surface area contributed by atoms with E-state index in [0.29, 0.717) is 18.4 Å². The van der Waals surface area contributed by atoms with E-state index in [1.165, 1.54) is 0 Å². The van der Waals surface area contributed by atoms with E-state index in [4.69, 9.17) is 0 Å². The highest BCUT2D eigenvalue weighted by atomic mass is 16.2. The molecule has 0 aliphatic carbocycles. The quantitative estimate of drug-likeness (QED) is 0.705. The van der Waals surface area contributed by atoms with Crippen LogP contribution in [0.3, 0.4) is 0 Å². The Bertz CT molecular complexity index is 174. The summed E-state index contributed by atoms with van der Waals surface area (Å²) in [6.45, 7) is 6.17. The third kappa shape index (κ3) is 2.99. The molecule has 3 nitrogen and oxygen atoms in total. The van der Waals surface area contributed by atoms with Gasteiger partial charge in [-0.15, -0.1) is 0 Å². The first kappa shape index (κ1) is 10.5. The van der Waals surface area contributed by atoms with E-state index in [2.05, 4.69) is 19.2 Å². The number of hydrogen-bond donors (Lipinski definition) is 1. The van der Waals surface area contributed by atoms with Crippen molar-refractivity contribution in [1.82, 2.24) is 10.2 Å². The lowest BCUT2D eigenvalue weighted by Gasteiger charge is -2.24. The van der Waals surface area contributed by atoms with Crippen molar-refractivity contribution in [1.29, 1.82) is 0 Å². The third-order valence-electron chi connectivity index (χ3n) is 2.56. The molecule has 0 aromatic rings. The fraction of sp³-hybridized carbons (Fsp3) is 0.900. The predicted octanol–water partition coefficient (Wildman–Crippen LogP) is 0.853. The summed E-state index contributed by atoms with van der Waals surface area (Å²) in [5.74, 6) is 0.744. The van der Waals surface area contributed by atoms with Gasteiger partial charge in [-0.1, -0.05) is 13.8 Å². The van der Waals surface area contributed by atoms with Crippen molar-refractivity contribution in [3.63, 3.8) is 0 Å². The van der Waals surface area contributed by atoms with Crippen LogP contribution in [0, 0.1) is 5.92 Å². The summed E-state index contributed by atoms with van der Waals surface area (Å²) < 4.78 is 0. The normalized spacial score (nSPS) is 22.3. The maximum Gasteiger partial charge on any atom is 0.222 e. The molecule has 1 fully saturated rings. The lowest BCUT2D eigenvalue weighted by Crippen LogP contribution is -2.38. The topological polar surface area (TPSA) is 32.3 Å². The van der Waals surface area contributed by atoms with Gasteiger partial charge in [0.2, 0.25) is 5.91 Å². The zero-order valence-corrected chi connectivity index (χ0v) is 8.84. The third-order valence-corrected chi connectivity index (χ3v) is 2.56. The molecule has 0 radical (unpaired) electrons. The number of likely N-dealkylation sites (N-methyl/N-ethyl adjacent to an activating group) is 1. The lowest BCUT2D eigenvalue weighted by atomic mass is 10.1. The van der Waals surface area contributed by atoms with E-state index in [-0.39, 0.29) is 5.91 Å². The molecule has 1 atom stereocenters. The fourth-order valence-electron chi connectivity index (χ4n) is 1.67. The smallest absolute Gasteiger partial charge is 0.222 e. The Hall–Kier alpha value is -0.570. The number of nitrogens with one attached hydrogen (secondary N) is 1. The zero-order valence-electron chi connectivity index (χ0n) is 8.84. The van der Waals surface area contributed by atoms with E-state index in [0.717, 1.165) is 19.5 Å². The maximum atomic E-state index is 11.6. The van der Waals surface area contributed by atoms with Crippen molar-refractivity contribution >= 4 is 5.91 Å². The molecule has 0 spiro atoms. The van der Waals surface area contributed by atoms with Crippen LogP contribution in [0.2, 0.25) is 0 Å². The summed E-state index contributed by atoms with van der Waals surface area (Å²) in [5.41, 5.74) is 0. The van der Waals surface area contributed by atoms with Gasteiger partial charge in [-0.05, 0) is 18.9 Å². The van der Waals surface area contributed by atoms with E-state index in [9.17, 15) is 4.79 Å². The summed E-state index contributed by atoms with van der Waals surface area (Å²) in [6, 6.07) is 0.422. The second kappa shape index (κ2) is 4.61. The minimum Gasteiger partial charge on any atom is -0.341 e. The van der Waals surface area contributed by atoms with Gasteiger partial charge >= 0.3 is 0 Å². The molecular formula is C10H20N2O. The molecule has 1 heterocycles. The van der Waals surface area contributed by atoms with E-state index >= 15 is 0 Å². The van der Waals surface area contributed by atoms with Gasteiger partial charge in [-0.25, -0.2) is 0 Å². The molecule has 13 heavy (non-hydrogen) atoms. The maximum absolute atomic E-state index is 11.6. The Balaban J connectivity index is 2.36. The highest BCUT2D eigenvalue weighted by molar-refractivity contribution is 5.76. The summed E-state index contributed by atoms with van der Waals surface area (Å²) >= 11 is 0. The van der Waals surface area contributed by atoms with Crippen molar-refractivity contribution in [2.75, 3.05) is 20.1 Å². The molecule has 0 aromatic carbocycles. The molecule has 1 rings (SSSR count). The average Bonchev–Trinajstić information content (AvgIpc) is 2.53. The first-order valence-electron chi connectivity index (χ1n) is 5.07.